The van der Waals surface area contributed by atoms with Crippen LogP contribution in [-0.2, 0) is 15.0 Å². The van der Waals surface area contributed by atoms with Gasteiger partial charge in [0.15, 0.2) is 0 Å². The first-order valence-electron chi connectivity index (χ1n) is 4.11. The highest BCUT2D eigenvalue weighted by Crippen LogP contribution is 1.81. The molecule has 0 rings (SSSR count). The van der Waals surface area contributed by atoms with Gasteiger partial charge in [-0.15, -0.1) is 12.4 Å². The third-order valence-electron chi connectivity index (χ3n) is 1.35. The lowest BCUT2D eigenvalue weighted by atomic mass is 10.3. The number of halogens is 1. The molecule has 0 fully saturated rings. The Balaban J connectivity index is 0. The zero-order chi connectivity index (χ0) is 11.2. The summed E-state index contributed by atoms with van der Waals surface area (Å²) in [6.07, 6.45) is 0.659. The van der Waals surface area contributed by atoms with E-state index in [1.807, 2.05) is 11.6 Å². The van der Waals surface area contributed by atoms with Crippen molar-refractivity contribution in [2.24, 2.45) is 5.73 Å². The monoisotopic (exact) mass is 261 g/mol. The molecular weight excluding hydrogens is 246 g/mol. The molecule has 92 valence electrons. The first-order chi connectivity index (χ1) is 6.39. The summed E-state index contributed by atoms with van der Waals surface area (Å²) in [6.45, 7) is 1.79. The quantitative estimate of drug-likeness (QED) is 0.452. The van der Waals surface area contributed by atoms with Gasteiger partial charge in [-0.3, -0.25) is 4.79 Å². The fraction of sp³-hybridized carbons (Fsp3) is 0.833. The zero-order valence-electron chi connectivity index (χ0n) is 8.26. The minimum absolute atomic E-state index is 0. The van der Waals surface area contributed by atoms with Crippen LogP contribution in [0, 0.1) is 0 Å². The number of carboxylic acid groups (broad SMARTS) is 1. The molecule has 9 heteroatoms. The van der Waals surface area contributed by atoms with Gasteiger partial charge >= 0.3 is 5.97 Å². The van der Waals surface area contributed by atoms with E-state index < -0.39 is 22.2 Å². The molecule has 0 saturated heterocycles. The number of hydrogen-bond donors (Lipinski definition) is 4. The highest BCUT2D eigenvalue weighted by molar-refractivity contribution is 7.87. The van der Waals surface area contributed by atoms with E-state index >= 15 is 0 Å². The van der Waals surface area contributed by atoms with E-state index in [0.717, 1.165) is 0 Å². The van der Waals surface area contributed by atoms with Crippen molar-refractivity contribution in [2.75, 3.05) is 13.1 Å². The second-order valence-corrected chi connectivity index (χ2v) is 4.28. The molecule has 0 aliphatic rings. The Hall–Kier alpha value is -0.410. The standard InChI is InChI=1S/C6H15N3O4S.ClH/c1-2-3-8-14(12,13)9-4-5(7)6(10)11;/h5,8-9H,2-4,7H2,1H3,(H,10,11);1H/t5-;/m0./s1. The third-order valence-corrected chi connectivity index (χ3v) is 2.48. The smallest absolute Gasteiger partial charge is 0.321 e. The normalized spacial score (nSPS) is 12.9. The Kier molecular flexibility index (Phi) is 8.87. The molecule has 0 aromatic heterocycles. The van der Waals surface area contributed by atoms with Gasteiger partial charge < -0.3 is 10.8 Å². The number of nitrogens with two attached hydrogens (primary N) is 1. The summed E-state index contributed by atoms with van der Waals surface area (Å²) in [5, 5.41) is 8.37. The van der Waals surface area contributed by atoms with Crippen LogP contribution < -0.4 is 15.2 Å². The Morgan fingerprint density at radius 1 is 1.47 bits per heavy atom. The first-order valence-corrected chi connectivity index (χ1v) is 5.60. The minimum atomic E-state index is -3.62. The van der Waals surface area contributed by atoms with Crippen molar-refractivity contribution in [2.45, 2.75) is 19.4 Å². The molecule has 0 amide bonds. The van der Waals surface area contributed by atoms with Gasteiger partial charge in [-0.1, -0.05) is 6.92 Å². The molecule has 0 radical (unpaired) electrons. The van der Waals surface area contributed by atoms with Crippen molar-refractivity contribution in [3.63, 3.8) is 0 Å². The first kappa shape index (κ1) is 17.0. The average Bonchev–Trinajstić information content (AvgIpc) is 2.11. The molecular formula is C6H16ClN3O4S. The van der Waals surface area contributed by atoms with Crippen molar-refractivity contribution in [1.82, 2.24) is 9.44 Å². The summed E-state index contributed by atoms with van der Waals surface area (Å²) < 4.78 is 26.3. The number of aliphatic carboxylic acids is 1. The molecule has 0 aromatic rings. The number of carbonyl (C=O) groups is 1. The number of carboxylic acids is 1. The maximum Gasteiger partial charge on any atom is 0.321 e. The van der Waals surface area contributed by atoms with Crippen LogP contribution in [0.4, 0.5) is 0 Å². The summed E-state index contributed by atoms with van der Waals surface area (Å²) in [7, 11) is -3.62. The van der Waals surface area contributed by atoms with Crippen LogP contribution in [0.1, 0.15) is 13.3 Å². The maximum absolute atomic E-state index is 11.0. The fourth-order valence-electron chi connectivity index (χ4n) is 0.574. The van der Waals surface area contributed by atoms with Crippen molar-refractivity contribution < 1.29 is 18.3 Å². The van der Waals surface area contributed by atoms with Gasteiger partial charge in [-0.2, -0.15) is 8.42 Å². The largest absolute Gasteiger partial charge is 0.480 e. The van der Waals surface area contributed by atoms with E-state index in [2.05, 4.69) is 4.72 Å². The van der Waals surface area contributed by atoms with Crippen molar-refractivity contribution >= 4 is 28.6 Å². The highest BCUT2D eigenvalue weighted by Gasteiger charge is 2.15. The van der Waals surface area contributed by atoms with Crippen LogP contribution in [0.25, 0.3) is 0 Å². The van der Waals surface area contributed by atoms with Gasteiger partial charge in [0.25, 0.3) is 10.2 Å². The molecule has 0 aliphatic carbocycles. The summed E-state index contributed by atoms with van der Waals surface area (Å²) in [5.74, 6) is -1.25. The van der Waals surface area contributed by atoms with Gasteiger partial charge in [-0.25, -0.2) is 9.44 Å². The molecule has 0 unspecified atom stereocenters. The van der Waals surface area contributed by atoms with E-state index in [1.165, 1.54) is 0 Å². The van der Waals surface area contributed by atoms with Crippen LogP contribution >= 0.6 is 12.4 Å². The second kappa shape index (κ2) is 7.83. The fourth-order valence-corrected chi connectivity index (χ4v) is 1.55. The molecule has 0 spiro atoms. The SMILES string of the molecule is CCCNS(=O)(=O)NC[C@H](N)C(=O)O.Cl. The van der Waals surface area contributed by atoms with Crippen LogP contribution in [0.5, 0.6) is 0 Å². The van der Waals surface area contributed by atoms with E-state index in [1.54, 1.807) is 0 Å². The zero-order valence-corrected chi connectivity index (χ0v) is 9.90. The Morgan fingerprint density at radius 3 is 2.40 bits per heavy atom. The van der Waals surface area contributed by atoms with E-state index in [9.17, 15) is 13.2 Å². The Labute approximate surface area is 95.0 Å². The van der Waals surface area contributed by atoms with Crippen LogP contribution in [0.3, 0.4) is 0 Å². The molecule has 0 aliphatic heterocycles. The minimum Gasteiger partial charge on any atom is -0.480 e. The number of rotatable bonds is 7. The van der Waals surface area contributed by atoms with Crippen LogP contribution in [-0.4, -0.2) is 38.6 Å². The van der Waals surface area contributed by atoms with Crippen molar-refractivity contribution in [1.29, 1.82) is 0 Å². The summed E-state index contributed by atoms with van der Waals surface area (Å²) in [4.78, 5) is 10.2. The molecule has 0 aromatic carbocycles. The lowest BCUT2D eigenvalue weighted by Crippen LogP contribution is -2.46. The van der Waals surface area contributed by atoms with Gasteiger partial charge in [0.05, 0.1) is 0 Å². The number of nitrogens with one attached hydrogen (secondary N) is 2. The summed E-state index contributed by atoms with van der Waals surface area (Å²) >= 11 is 0. The lowest BCUT2D eigenvalue weighted by molar-refractivity contribution is -0.138. The average molecular weight is 262 g/mol. The molecule has 1 atom stereocenters. The highest BCUT2D eigenvalue weighted by atomic mass is 35.5. The molecule has 15 heavy (non-hydrogen) atoms. The van der Waals surface area contributed by atoms with Gasteiger partial charge in [0.1, 0.15) is 6.04 Å². The van der Waals surface area contributed by atoms with Gasteiger partial charge in [0.2, 0.25) is 0 Å². The van der Waals surface area contributed by atoms with Gasteiger partial charge in [0, 0.05) is 13.1 Å². The predicted molar refractivity (Wildman–Crippen MR) is 58.1 cm³/mol. The Bertz CT molecular complexity index is 282. The van der Waals surface area contributed by atoms with Gasteiger partial charge in [-0.05, 0) is 6.42 Å². The lowest BCUT2D eigenvalue weighted by Gasteiger charge is -2.09. The van der Waals surface area contributed by atoms with E-state index in [4.69, 9.17) is 10.8 Å². The second-order valence-electron chi connectivity index (χ2n) is 2.69. The maximum atomic E-state index is 11.0. The topological polar surface area (TPSA) is 122 Å². The third kappa shape index (κ3) is 8.58. The Morgan fingerprint density at radius 2 is 2.00 bits per heavy atom. The predicted octanol–water partition coefficient (Wildman–Crippen LogP) is -1.35. The van der Waals surface area contributed by atoms with Crippen molar-refractivity contribution in [3.05, 3.63) is 0 Å². The summed E-state index contributed by atoms with van der Waals surface area (Å²) in [6, 6.07) is -1.23. The van der Waals surface area contributed by atoms with Crippen LogP contribution in [0.15, 0.2) is 0 Å². The van der Waals surface area contributed by atoms with Crippen LogP contribution in [0.2, 0.25) is 0 Å². The van der Waals surface area contributed by atoms with E-state index in [0.29, 0.717) is 13.0 Å². The molecule has 7 nitrogen and oxygen atoms in total. The molecule has 5 N–H and O–H groups in total. The van der Waals surface area contributed by atoms with E-state index in [-0.39, 0.29) is 19.0 Å². The van der Waals surface area contributed by atoms with Crippen molar-refractivity contribution in [3.8, 4) is 0 Å². The number of hydrogen-bond acceptors (Lipinski definition) is 4. The molecule has 0 saturated carbocycles. The summed E-state index contributed by atoms with van der Waals surface area (Å²) in [5.41, 5.74) is 5.10. The molecule has 0 heterocycles. The molecule has 0 bridgehead atoms.